The molecule has 0 radical (unpaired) electrons. The molecule has 6 nitrogen and oxygen atoms in total. The fraction of sp³-hybridized carbons (Fsp3) is 0.696. The van der Waals surface area contributed by atoms with Crippen LogP contribution < -0.4 is 0 Å². The molecular weight excluding hydrogens is 372 g/mol. The number of benzene rings is 1. The first-order valence-corrected chi connectivity index (χ1v) is 10.5. The van der Waals surface area contributed by atoms with E-state index in [1.165, 1.54) is 11.1 Å². The van der Waals surface area contributed by atoms with Gasteiger partial charge in [0.2, 0.25) is 0 Å². The van der Waals surface area contributed by atoms with Crippen LogP contribution in [0.3, 0.4) is 0 Å². The molecule has 1 aromatic carbocycles. The van der Waals surface area contributed by atoms with Gasteiger partial charge in [0, 0.05) is 6.61 Å². The van der Waals surface area contributed by atoms with Gasteiger partial charge in [-0.2, -0.15) is 0 Å². The van der Waals surface area contributed by atoms with E-state index in [9.17, 15) is 4.79 Å². The maximum absolute atomic E-state index is 11.5. The van der Waals surface area contributed by atoms with Crippen LogP contribution in [0.4, 0.5) is 0 Å². The molecule has 0 N–H and O–H groups in total. The highest BCUT2D eigenvalue weighted by Gasteiger charge is 2.15. The van der Waals surface area contributed by atoms with Crippen molar-refractivity contribution in [3.05, 3.63) is 35.4 Å². The van der Waals surface area contributed by atoms with E-state index in [4.69, 9.17) is 23.7 Å². The maximum atomic E-state index is 11.5. The quantitative estimate of drug-likeness (QED) is 0.306. The van der Waals surface area contributed by atoms with Gasteiger partial charge in [-0.1, -0.05) is 29.8 Å². The minimum Gasteiger partial charge on any atom is -0.460 e. The Hall–Kier alpha value is -1.47. The first kappa shape index (κ1) is 25.6. The lowest BCUT2D eigenvalue weighted by atomic mass is 10.1. The van der Waals surface area contributed by atoms with E-state index in [0.29, 0.717) is 46.2 Å². The van der Waals surface area contributed by atoms with Gasteiger partial charge in [0.1, 0.15) is 5.60 Å². The summed E-state index contributed by atoms with van der Waals surface area (Å²) in [5, 5.41) is 0. The van der Waals surface area contributed by atoms with Gasteiger partial charge in [-0.25, -0.2) is 0 Å². The van der Waals surface area contributed by atoms with Crippen LogP contribution in [0, 0.1) is 6.92 Å². The Kier molecular flexibility index (Phi) is 13.6. The summed E-state index contributed by atoms with van der Waals surface area (Å²) in [5.74, 6) is -0.246. The molecule has 0 saturated carbocycles. The van der Waals surface area contributed by atoms with Crippen molar-refractivity contribution in [3.8, 4) is 0 Å². The molecule has 0 spiro atoms. The molecule has 166 valence electrons. The molecule has 0 aliphatic carbocycles. The van der Waals surface area contributed by atoms with E-state index < -0.39 is 5.60 Å². The number of ether oxygens (including phenoxy) is 5. The Bertz CT molecular complexity index is 553. The molecular formula is C23H38O6. The topological polar surface area (TPSA) is 63.2 Å². The monoisotopic (exact) mass is 410 g/mol. The third kappa shape index (κ3) is 16.1. The van der Waals surface area contributed by atoms with Crippen molar-refractivity contribution >= 4 is 5.97 Å². The van der Waals surface area contributed by atoms with Crippen LogP contribution in [0.15, 0.2) is 24.3 Å². The molecule has 0 saturated heterocycles. The van der Waals surface area contributed by atoms with Gasteiger partial charge in [0.05, 0.1) is 52.7 Å². The van der Waals surface area contributed by atoms with Crippen molar-refractivity contribution in [3.63, 3.8) is 0 Å². The molecule has 0 fully saturated rings. The van der Waals surface area contributed by atoms with Crippen molar-refractivity contribution < 1.29 is 28.5 Å². The van der Waals surface area contributed by atoms with Crippen LogP contribution >= 0.6 is 0 Å². The Labute approximate surface area is 175 Å². The highest BCUT2D eigenvalue weighted by Crippen LogP contribution is 2.08. The average molecular weight is 411 g/mol. The largest absolute Gasteiger partial charge is 0.460 e. The molecule has 1 rings (SSSR count). The summed E-state index contributed by atoms with van der Waals surface area (Å²) in [4.78, 5) is 11.5. The van der Waals surface area contributed by atoms with Gasteiger partial charge in [0.25, 0.3) is 0 Å². The molecule has 0 amide bonds. The first-order valence-electron chi connectivity index (χ1n) is 10.5. The maximum Gasteiger partial charge on any atom is 0.308 e. The number of carbonyl (C=O) groups excluding carboxylic acids is 1. The molecule has 0 bridgehead atoms. The zero-order chi connectivity index (χ0) is 21.4. The summed E-state index contributed by atoms with van der Waals surface area (Å²) in [5.41, 5.74) is 2.20. The molecule has 29 heavy (non-hydrogen) atoms. The van der Waals surface area contributed by atoms with Crippen molar-refractivity contribution in [1.82, 2.24) is 0 Å². The highest BCUT2D eigenvalue weighted by molar-refractivity contribution is 5.69. The van der Waals surface area contributed by atoms with E-state index in [1.807, 2.05) is 20.8 Å². The molecule has 0 unspecified atom stereocenters. The van der Waals surface area contributed by atoms with Crippen LogP contribution in [0.1, 0.15) is 44.7 Å². The third-order valence-electron chi connectivity index (χ3n) is 3.82. The van der Waals surface area contributed by atoms with Gasteiger partial charge in [-0.3, -0.25) is 4.79 Å². The SMILES string of the molecule is Cc1cccc(CCCOCCOCCOCCOCCC(=O)OC(C)(C)C)c1. The lowest BCUT2D eigenvalue weighted by Gasteiger charge is -2.19. The molecule has 0 atom stereocenters. The van der Waals surface area contributed by atoms with Crippen LogP contribution in [0.25, 0.3) is 0 Å². The fourth-order valence-corrected chi connectivity index (χ4v) is 2.56. The summed E-state index contributed by atoms with van der Waals surface area (Å²) in [7, 11) is 0. The lowest BCUT2D eigenvalue weighted by Crippen LogP contribution is -2.24. The van der Waals surface area contributed by atoms with E-state index in [2.05, 4.69) is 31.2 Å². The van der Waals surface area contributed by atoms with Gasteiger partial charge < -0.3 is 23.7 Å². The normalized spacial score (nSPS) is 11.6. The van der Waals surface area contributed by atoms with Gasteiger partial charge in [-0.15, -0.1) is 0 Å². The van der Waals surface area contributed by atoms with E-state index in [-0.39, 0.29) is 12.4 Å². The van der Waals surface area contributed by atoms with Crippen LogP contribution in [-0.4, -0.2) is 64.4 Å². The molecule has 0 heterocycles. The van der Waals surface area contributed by atoms with Crippen LogP contribution in [0.2, 0.25) is 0 Å². The van der Waals surface area contributed by atoms with E-state index in [0.717, 1.165) is 19.4 Å². The Morgan fingerprint density at radius 1 is 0.828 bits per heavy atom. The van der Waals surface area contributed by atoms with Crippen molar-refractivity contribution in [2.45, 2.75) is 52.6 Å². The van der Waals surface area contributed by atoms with Crippen LogP contribution in [0.5, 0.6) is 0 Å². The summed E-state index contributed by atoms with van der Waals surface area (Å²) >= 11 is 0. The van der Waals surface area contributed by atoms with Gasteiger partial charge in [-0.05, 0) is 46.1 Å². The molecule has 0 aromatic heterocycles. The zero-order valence-electron chi connectivity index (χ0n) is 18.5. The second-order valence-corrected chi connectivity index (χ2v) is 7.88. The zero-order valence-corrected chi connectivity index (χ0v) is 18.5. The van der Waals surface area contributed by atoms with E-state index in [1.54, 1.807) is 0 Å². The number of aryl methyl sites for hydroxylation is 2. The number of rotatable bonds is 16. The Morgan fingerprint density at radius 3 is 1.93 bits per heavy atom. The van der Waals surface area contributed by atoms with E-state index >= 15 is 0 Å². The van der Waals surface area contributed by atoms with Crippen LogP contribution in [-0.2, 0) is 34.9 Å². The molecule has 6 heteroatoms. The Morgan fingerprint density at radius 2 is 1.38 bits per heavy atom. The predicted molar refractivity (Wildman–Crippen MR) is 113 cm³/mol. The number of esters is 1. The average Bonchev–Trinajstić information content (AvgIpc) is 2.63. The second kappa shape index (κ2) is 15.4. The third-order valence-corrected chi connectivity index (χ3v) is 3.82. The Balaban J connectivity index is 1.78. The van der Waals surface area contributed by atoms with Crippen molar-refractivity contribution in [2.75, 3.05) is 52.9 Å². The summed E-state index contributed by atoms with van der Waals surface area (Å²) in [6, 6.07) is 8.58. The summed E-state index contributed by atoms with van der Waals surface area (Å²) in [6.45, 7) is 11.9. The lowest BCUT2D eigenvalue weighted by molar-refractivity contribution is -0.156. The summed E-state index contributed by atoms with van der Waals surface area (Å²) in [6.07, 6.45) is 2.31. The first-order chi connectivity index (χ1) is 13.9. The fourth-order valence-electron chi connectivity index (χ4n) is 2.56. The predicted octanol–water partition coefficient (Wildman–Crippen LogP) is 3.73. The molecule has 1 aromatic rings. The van der Waals surface area contributed by atoms with Crippen molar-refractivity contribution in [2.24, 2.45) is 0 Å². The standard InChI is InChI=1S/C23H38O6/c1-20-7-5-8-21(19-20)9-6-11-25-13-15-27-17-18-28-16-14-26-12-10-22(24)29-23(2,3)4/h5,7-8,19H,6,9-18H2,1-4H3. The number of hydrogen-bond donors (Lipinski definition) is 0. The second-order valence-electron chi connectivity index (χ2n) is 7.88. The number of hydrogen-bond acceptors (Lipinski definition) is 6. The minimum atomic E-state index is -0.452. The molecule has 0 aliphatic heterocycles. The molecule has 0 aliphatic rings. The summed E-state index contributed by atoms with van der Waals surface area (Å²) < 4.78 is 27.0. The smallest absolute Gasteiger partial charge is 0.308 e. The highest BCUT2D eigenvalue weighted by atomic mass is 16.6. The van der Waals surface area contributed by atoms with Gasteiger partial charge >= 0.3 is 5.97 Å². The van der Waals surface area contributed by atoms with Gasteiger partial charge in [0.15, 0.2) is 0 Å². The minimum absolute atomic E-state index is 0.246. The van der Waals surface area contributed by atoms with Crippen molar-refractivity contribution in [1.29, 1.82) is 0 Å². The number of carbonyl (C=O) groups is 1.